The maximum Gasteiger partial charge on any atom is 0.322 e. The van der Waals surface area contributed by atoms with Crippen LogP contribution in [0.2, 0.25) is 0 Å². The molecule has 130 valence electrons. The van der Waals surface area contributed by atoms with Crippen LogP contribution in [0, 0.1) is 0 Å². The van der Waals surface area contributed by atoms with E-state index in [1.807, 2.05) is 35.2 Å². The first kappa shape index (κ1) is 15.7. The number of amides is 2. The first-order valence-corrected chi connectivity index (χ1v) is 8.83. The van der Waals surface area contributed by atoms with Crippen molar-refractivity contribution in [3.8, 4) is 0 Å². The Bertz CT molecular complexity index is 753. The zero-order valence-electron chi connectivity index (χ0n) is 14.2. The predicted molar refractivity (Wildman–Crippen MR) is 99.8 cm³/mol. The van der Waals surface area contributed by atoms with E-state index in [4.69, 9.17) is 5.73 Å². The second-order valence-corrected chi connectivity index (χ2v) is 6.70. The van der Waals surface area contributed by atoms with Crippen LogP contribution in [0.4, 0.5) is 22.0 Å². The molecule has 2 aliphatic rings. The van der Waals surface area contributed by atoms with Crippen LogP contribution in [0.1, 0.15) is 18.4 Å². The van der Waals surface area contributed by atoms with E-state index in [2.05, 4.69) is 21.3 Å². The van der Waals surface area contributed by atoms with E-state index in [-0.39, 0.29) is 12.1 Å². The number of piperidine rings is 1. The van der Waals surface area contributed by atoms with Gasteiger partial charge in [-0.25, -0.2) is 9.78 Å². The van der Waals surface area contributed by atoms with Gasteiger partial charge in [0.1, 0.15) is 5.82 Å². The highest BCUT2D eigenvalue weighted by Gasteiger charge is 2.30. The fraction of sp³-hybridized carbons (Fsp3) is 0.368. The number of para-hydroxylation sites is 1. The fourth-order valence-corrected chi connectivity index (χ4v) is 3.73. The van der Waals surface area contributed by atoms with Gasteiger partial charge in [-0.1, -0.05) is 18.2 Å². The monoisotopic (exact) mass is 337 g/mol. The van der Waals surface area contributed by atoms with Crippen LogP contribution in [0.3, 0.4) is 0 Å². The van der Waals surface area contributed by atoms with Gasteiger partial charge in [-0.15, -0.1) is 0 Å². The SMILES string of the molecule is Nc1ccc(N2CCC(N3CCc4ccccc4NC3=O)CC2)nc1. The number of nitrogens with zero attached hydrogens (tertiary/aromatic N) is 3. The quantitative estimate of drug-likeness (QED) is 0.883. The molecule has 1 aromatic heterocycles. The van der Waals surface area contributed by atoms with Gasteiger partial charge >= 0.3 is 6.03 Å². The van der Waals surface area contributed by atoms with Crippen LogP contribution >= 0.6 is 0 Å². The molecule has 2 aliphatic heterocycles. The number of rotatable bonds is 2. The number of nitrogen functional groups attached to an aromatic ring is 1. The lowest BCUT2D eigenvalue weighted by atomic mass is 10.0. The summed E-state index contributed by atoms with van der Waals surface area (Å²) in [4.78, 5) is 21.3. The van der Waals surface area contributed by atoms with Gasteiger partial charge in [-0.3, -0.25) is 0 Å². The highest BCUT2D eigenvalue weighted by molar-refractivity contribution is 5.91. The molecule has 1 aromatic carbocycles. The van der Waals surface area contributed by atoms with Crippen molar-refractivity contribution in [2.75, 3.05) is 35.6 Å². The topological polar surface area (TPSA) is 74.5 Å². The Morgan fingerprint density at radius 2 is 1.88 bits per heavy atom. The maximum absolute atomic E-state index is 12.6. The van der Waals surface area contributed by atoms with Gasteiger partial charge in [0.05, 0.1) is 11.9 Å². The first-order chi connectivity index (χ1) is 12.2. The van der Waals surface area contributed by atoms with E-state index in [1.165, 1.54) is 5.56 Å². The largest absolute Gasteiger partial charge is 0.397 e. The number of aromatic nitrogens is 1. The zero-order chi connectivity index (χ0) is 17.2. The molecule has 6 heteroatoms. The molecule has 1 fully saturated rings. The lowest BCUT2D eigenvalue weighted by molar-refractivity contribution is 0.177. The summed E-state index contributed by atoms with van der Waals surface area (Å²) in [7, 11) is 0. The van der Waals surface area contributed by atoms with Crippen LogP contribution in [0.15, 0.2) is 42.6 Å². The number of hydrogen-bond acceptors (Lipinski definition) is 4. The molecule has 0 aliphatic carbocycles. The van der Waals surface area contributed by atoms with Gasteiger partial charge in [-0.2, -0.15) is 0 Å². The summed E-state index contributed by atoms with van der Waals surface area (Å²) in [5, 5.41) is 3.07. The predicted octanol–water partition coefficient (Wildman–Crippen LogP) is 2.72. The van der Waals surface area contributed by atoms with Crippen molar-refractivity contribution in [2.45, 2.75) is 25.3 Å². The molecule has 0 saturated carbocycles. The molecule has 25 heavy (non-hydrogen) atoms. The molecule has 0 atom stereocenters. The smallest absolute Gasteiger partial charge is 0.322 e. The summed E-state index contributed by atoms with van der Waals surface area (Å²) in [6.45, 7) is 2.57. The number of anilines is 3. The second-order valence-electron chi connectivity index (χ2n) is 6.70. The van der Waals surface area contributed by atoms with Gasteiger partial charge in [-0.05, 0) is 43.0 Å². The van der Waals surface area contributed by atoms with E-state index in [1.54, 1.807) is 6.20 Å². The van der Waals surface area contributed by atoms with Crippen molar-refractivity contribution in [2.24, 2.45) is 0 Å². The van der Waals surface area contributed by atoms with E-state index < -0.39 is 0 Å². The van der Waals surface area contributed by atoms with Crippen molar-refractivity contribution in [3.63, 3.8) is 0 Å². The molecule has 0 unspecified atom stereocenters. The number of fused-ring (bicyclic) bond motifs is 1. The third-order valence-electron chi connectivity index (χ3n) is 5.14. The molecule has 2 amide bonds. The highest BCUT2D eigenvalue weighted by Crippen LogP contribution is 2.26. The van der Waals surface area contributed by atoms with E-state index >= 15 is 0 Å². The maximum atomic E-state index is 12.6. The number of carbonyl (C=O) groups excluding carboxylic acids is 1. The minimum Gasteiger partial charge on any atom is -0.397 e. The number of carbonyl (C=O) groups is 1. The molecule has 0 spiro atoms. The molecule has 3 N–H and O–H groups in total. The lowest BCUT2D eigenvalue weighted by Crippen LogP contribution is -2.49. The Morgan fingerprint density at radius 1 is 1.08 bits per heavy atom. The molecule has 1 saturated heterocycles. The number of urea groups is 1. The third kappa shape index (κ3) is 3.24. The zero-order valence-corrected chi connectivity index (χ0v) is 14.2. The number of nitrogens with two attached hydrogens (primary N) is 1. The standard InChI is InChI=1S/C19H23N5O/c20-15-5-6-18(21-13-15)23-10-8-16(9-11-23)24-12-7-14-3-1-2-4-17(14)22-19(24)25/h1-6,13,16H,7-12,20H2,(H,22,25). The van der Waals surface area contributed by atoms with Gasteiger partial charge < -0.3 is 20.9 Å². The van der Waals surface area contributed by atoms with Gasteiger partial charge in [0.25, 0.3) is 0 Å². The molecule has 6 nitrogen and oxygen atoms in total. The lowest BCUT2D eigenvalue weighted by Gasteiger charge is -2.38. The number of hydrogen-bond donors (Lipinski definition) is 2. The molecular formula is C19H23N5O. The van der Waals surface area contributed by atoms with Crippen molar-refractivity contribution in [3.05, 3.63) is 48.2 Å². The Balaban J connectivity index is 1.41. The normalized spacial score (nSPS) is 18.5. The minimum absolute atomic E-state index is 0.0222. The van der Waals surface area contributed by atoms with Crippen molar-refractivity contribution < 1.29 is 4.79 Å². The summed E-state index contributed by atoms with van der Waals surface area (Å²) in [6, 6.07) is 12.2. The van der Waals surface area contributed by atoms with Crippen LogP contribution in [0.5, 0.6) is 0 Å². The van der Waals surface area contributed by atoms with E-state index in [0.717, 1.165) is 50.4 Å². The minimum atomic E-state index is 0.0222. The van der Waals surface area contributed by atoms with Crippen LogP contribution in [0.25, 0.3) is 0 Å². The Kier molecular flexibility index (Phi) is 4.17. The number of pyridine rings is 1. The van der Waals surface area contributed by atoms with E-state index in [0.29, 0.717) is 5.69 Å². The van der Waals surface area contributed by atoms with Gasteiger partial charge in [0.2, 0.25) is 0 Å². The summed E-state index contributed by atoms with van der Waals surface area (Å²) in [5.41, 5.74) is 8.54. The van der Waals surface area contributed by atoms with Crippen LogP contribution in [-0.4, -0.2) is 41.6 Å². The Labute approximate surface area is 147 Å². The van der Waals surface area contributed by atoms with Crippen molar-refractivity contribution in [1.82, 2.24) is 9.88 Å². The van der Waals surface area contributed by atoms with Crippen LogP contribution < -0.4 is 16.0 Å². The first-order valence-electron chi connectivity index (χ1n) is 8.83. The molecule has 0 radical (unpaired) electrons. The molecular weight excluding hydrogens is 314 g/mol. The summed E-state index contributed by atoms with van der Waals surface area (Å²) >= 11 is 0. The summed E-state index contributed by atoms with van der Waals surface area (Å²) < 4.78 is 0. The summed E-state index contributed by atoms with van der Waals surface area (Å²) in [5.74, 6) is 0.959. The molecule has 3 heterocycles. The highest BCUT2D eigenvalue weighted by atomic mass is 16.2. The average Bonchev–Trinajstić information content (AvgIpc) is 2.81. The second kappa shape index (κ2) is 6.63. The number of nitrogens with one attached hydrogen (secondary N) is 1. The van der Waals surface area contributed by atoms with Gasteiger partial charge in [0, 0.05) is 31.4 Å². The summed E-state index contributed by atoms with van der Waals surface area (Å²) in [6.07, 6.45) is 4.50. The molecule has 0 bridgehead atoms. The van der Waals surface area contributed by atoms with E-state index in [9.17, 15) is 4.79 Å². The van der Waals surface area contributed by atoms with Crippen molar-refractivity contribution >= 4 is 23.2 Å². The Morgan fingerprint density at radius 3 is 2.64 bits per heavy atom. The number of benzene rings is 1. The van der Waals surface area contributed by atoms with Crippen molar-refractivity contribution in [1.29, 1.82) is 0 Å². The fourth-order valence-electron chi connectivity index (χ4n) is 3.73. The average molecular weight is 337 g/mol. The van der Waals surface area contributed by atoms with Gasteiger partial charge in [0.15, 0.2) is 0 Å². The molecule has 4 rings (SSSR count). The third-order valence-corrected chi connectivity index (χ3v) is 5.14. The molecule has 2 aromatic rings. The van der Waals surface area contributed by atoms with Crippen LogP contribution in [-0.2, 0) is 6.42 Å². The Hall–Kier alpha value is -2.76.